The molecule has 0 aromatic heterocycles. The van der Waals surface area contributed by atoms with E-state index in [9.17, 15) is 18.0 Å². The van der Waals surface area contributed by atoms with Crippen LogP contribution in [0.25, 0.3) is 0 Å². The van der Waals surface area contributed by atoms with Gasteiger partial charge in [0.2, 0.25) is 6.08 Å². The molecule has 15 heavy (non-hydrogen) atoms. The molecule has 80 valence electrons. The number of halogens is 4. The minimum absolute atomic E-state index is 0.0632. The van der Waals surface area contributed by atoms with Gasteiger partial charge < -0.3 is 0 Å². The van der Waals surface area contributed by atoms with Gasteiger partial charge in [-0.25, -0.2) is 4.79 Å². The van der Waals surface area contributed by atoms with Crippen LogP contribution in [0.3, 0.4) is 0 Å². The molecule has 0 heterocycles. The maximum absolute atomic E-state index is 12.1. The normalized spacial score (nSPS) is 10.9. The number of hydrogen-bond acceptors (Lipinski definition) is 2. The lowest BCUT2D eigenvalue weighted by atomic mass is 10.1. The molecule has 0 radical (unpaired) electrons. The fourth-order valence-electron chi connectivity index (χ4n) is 1.07. The van der Waals surface area contributed by atoms with Gasteiger partial charge in [0.1, 0.15) is 0 Å². The fourth-order valence-corrected chi connectivity index (χ4v) is 1.26. The Morgan fingerprint density at radius 3 is 2.60 bits per heavy atom. The summed E-state index contributed by atoms with van der Waals surface area (Å²) in [5.41, 5.74) is -0.204. The first-order valence-electron chi connectivity index (χ1n) is 3.85. The van der Waals surface area contributed by atoms with Crippen molar-refractivity contribution in [1.82, 2.24) is 0 Å². The Morgan fingerprint density at radius 2 is 2.07 bits per heavy atom. The Kier molecular flexibility index (Phi) is 3.50. The summed E-state index contributed by atoms with van der Waals surface area (Å²) in [4.78, 5) is 13.1. The molecule has 1 rings (SSSR count). The number of isocyanates is 1. The van der Waals surface area contributed by atoms with Gasteiger partial charge in [0.05, 0.1) is 12.1 Å². The van der Waals surface area contributed by atoms with E-state index >= 15 is 0 Å². The largest absolute Gasteiger partial charge is 0.393 e. The van der Waals surface area contributed by atoms with E-state index in [0.29, 0.717) is 0 Å². The van der Waals surface area contributed by atoms with Crippen LogP contribution in [0.1, 0.15) is 5.56 Å². The topological polar surface area (TPSA) is 29.4 Å². The lowest BCUT2D eigenvalue weighted by Gasteiger charge is -2.08. The predicted octanol–water partition coefficient (Wildman–Crippen LogP) is 3.41. The van der Waals surface area contributed by atoms with E-state index in [1.807, 2.05) is 0 Å². The van der Waals surface area contributed by atoms with Crippen LogP contribution < -0.4 is 0 Å². The number of benzene rings is 1. The molecule has 6 heteroatoms. The number of rotatable bonds is 2. The maximum atomic E-state index is 12.1. The summed E-state index contributed by atoms with van der Waals surface area (Å²) in [5.74, 6) is 0. The molecule has 0 fully saturated rings. The van der Waals surface area contributed by atoms with E-state index in [-0.39, 0.29) is 16.3 Å². The van der Waals surface area contributed by atoms with Gasteiger partial charge in [-0.2, -0.15) is 18.2 Å². The first-order valence-corrected chi connectivity index (χ1v) is 4.23. The summed E-state index contributed by atoms with van der Waals surface area (Å²) in [5, 5.41) is 0.166. The average molecular weight is 236 g/mol. The smallest absolute Gasteiger partial charge is 0.211 e. The second-order valence-corrected chi connectivity index (χ2v) is 3.20. The number of aliphatic imine (C=N–C) groups is 1. The minimum atomic E-state index is -4.36. The van der Waals surface area contributed by atoms with Crippen LogP contribution in [0, 0.1) is 0 Å². The molecule has 0 saturated heterocycles. The van der Waals surface area contributed by atoms with Crippen LogP contribution in [-0.4, -0.2) is 12.3 Å². The van der Waals surface area contributed by atoms with Crippen molar-refractivity contribution in [2.45, 2.75) is 12.6 Å². The SMILES string of the molecule is O=C=Nc1ccc(Cl)cc1CC(F)(F)F. The molecule has 0 aliphatic rings. The molecule has 0 bridgehead atoms. The summed E-state index contributed by atoms with van der Waals surface area (Å²) < 4.78 is 36.3. The second-order valence-electron chi connectivity index (χ2n) is 2.77. The van der Waals surface area contributed by atoms with Crippen molar-refractivity contribution in [2.24, 2.45) is 4.99 Å². The Morgan fingerprint density at radius 1 is 1.40 bits per heavy atom. The van der Waals surface area contributed by atoms with E-state index in [4.69, 9.17) is 11.6 Å². The minimum Gasteiger partial charge on any atom is -0.211 e. The zero-order valence-corrected chi connectivity index (χ0v) is 8.06. The molecule has 0 aliphatic heterocycles. The number of hydrogen-bond donors (Lipinski definition) is 0. The summed E-state index contributed by atoms with van der Waals surface area (Å²) in [6.07, 6.45) is -4.34. The van der Waals surface area contributed by atoms with Crippen molar-refractivity contribution in [3.8, 4) is 0 Å². The van der Waals surface area contributed by atoms with Gasteiger partial charge in [-0.15, -0.1) is 0 Å². The number of nitrogens with zero attached hydrogens (tertiary/aromatic N) is 1. The van der Waals surface area contributed by atoms with Crippen LogP contribution in [0.2, 0.25) is 5.02 Å². The van der Waals surface area contributed by atoms with Gasteiger partial charge in [-0.1, -0.05) is 11.6 Å². The van der Waals surface area contributed by atoms with Gasteiger partial charge >= 0.3 is 6.18 Å². The number of alkyl halides is 3. The van der Waals surface area contributed by atoms with E-state index in [1.54, 1.807) is 0 Å². The third kappa shape index (κ3) is 3.73. The summed E-state index contributed by atoms with van der Waals surface area (Å²) in [6, 6.07) is 3.73. The van der Waals surface area contributed by atoms with E-state index in [1.165, 1.54) is 18.2 Å². The van der Waals surface area contributed by atoms with Gasteiger partial charge in [0.15, 0.2) is 0 Å². The third-order valence-corrected chi connectivity index (χ3v) is 1.83. The summed E-state index contributed by atoms with van der Waals surface area (Å²) >= 11 is 5.54. The van der Waals surface area contributed by atoms with Gasteiger partial charge in [0.25, 0.3) is 0 Å². The molecule has 1 aromatic rings. The van der Waals surface area contributed by atoms with Crippen molar-refractivity contribution in [3.63, 3.8) is 0 Å². The van der Waals surface area contributed by atoms with E-state index < -0.39 is 12.6 Å². The fraction of sp³-hybridized carbons (Fsp3) is 0.222. The predicted molar refractivity (Wildman–Crippen MR) is 49.0 cm³/mol. The molecular formula is C9H5ClF3NO. The van der Waals surface area contributed by atoms with Crippen LogP contribution in [-0.2, 0) is 11.2 Å². The molecule has 0 N–H and O–H groups in total. The average Bonchev–Trinajstić information content (AvgIpc) is 2.07. The van der Waals surface area contributed by atoms with Crippen molar-refractivity contribution in [3.05, 3.63) is 28.8 Å². The molecule has 0 atom stereocenters. The first-order chi connectivity index (χ1) is 6.92. The molecule has 0 saturated carbocycles. The Balaban J connectivity index is 3.13. The highest BCUT2D eigenvalue weighted by atomic mass is 35.5. The Labute approximate surface area is 88.4 Å². The van der Waals surface area contributed by atoms with Gasteiger partial charge in [0, 0.05) is 5.02 Å². The lowest BCUT2D eigenvalue weighted by Crippen LogP contribution is -2.11. The van der Waals surface area contributed by atoms with Crippen molar-refractivity contribution in [2.75, 3.05) is 0 Å². The summed E-state index contributed by atoms with van der Waals surface area (Å²) in [7, 11) is 0. The molecule has 0 spiro atoms. The quantitative estimate of drug-likeness (QED) is 0.571. The second kappa shape index (κ2) is 4.47. The lowest BCUT2D eigenvalue weighted by molar-refractivity contribution is -0.127. The monoisotopic (exact) mass is 235 g/mol. The van der Waals surface area contributed by atoms with E-state index in [0.717, 1.165) is 6.07 Å². The van der Waals surface area contributed by atoms with Gasteiger partial charge in [-0.05, 0) is 23.8 Å². The van der Waals surface area contributed by atoms with Crippen LogP contribution in [0.4, 0.5) is 18.9 Å². The zero-order chi connectivity index (χ0) is 11.5. The highest BCUT2D eigenvalue weighted by Gasteiger charge is 2.29. The Hall–Kier alpha value is -1.32. The van der Waals surface area contributed by atoms with Crippen LogP contribution in [0.5, 0.6) is 0 Å². The molecular weight excluding hydrogens is 231 g/mol. The van der Waals surface area contributed by atoms with Gasteiger partial charge in [-0.3, -0.25) is 0 Å². The van der Waals surface area contributed by atoms with Crippen LogP contribution in [0.15, 0.2) is 23.2 Å². The summed E-state index contributed by atoms with van der Waals surface area (Å²) in [6.45, 7) is 0. The van der Waals surface area contributed by atoms with Crippen LogP contribution >= 0.6 is 11.6 Å². The highest BCUT2D eigenvalue weighted by molar-refractivity contribution is 6.30. The molecule has 0 aliphatic carbocycles. The first kappa shape index (κ1) is 11.8. The molecule has 2 nitrogen and oxygen atoms in total. The highest BCUT2D eigenvalue weighted by Crippen LogP contribution is 2.29. The third-order valence-electron chi connectivity index (χ3n) is 1.60. The number of carbonyl (C=O) groups excluding carboxylic acids is 1. The van der Waals surface area contributed by atoms with Crippen molar-refractivity contribution >= 4 is 23.4 Å². The zero-order valence-electron chi connectivity index (χ0n) is 7.31. The standard InChI is InChI=1S/C9H5ClF3NO/c10-7-1-2-8(14-5-15)6(3-7)4-9(11,12)13/h1-3H,4H2. The molecule has 1 aromatic carbocycles. The molecule has 0 amide bonds. The van der Waals surface area contributed by atoms with Crippen molar-refractivity contribution in [1.29, 1.82) is 0 Å². The Bertz CT molecular complexity index is 410. The maximum Gasteiger partial charge on any atom is 0.393 e. The van der Waals surface area contributed by atoms with Crippen molar-refractivity contribution < 1.29 is 18.0 Å². The van der Waals surface area contributed by atoms with E-state index in [2.05, 4.69) is 4.99 Å². The molecule has 0 unspecified atom stereocenters.